The van der Waals surface area contributed by atoms with Crippen LogP contribution in [0.25, 0.3) is 0 Å². The molecule has 2 aliphatic rings. The highest BCUT2D eigenvalue weighted by molar-refractivity contribution is 5.83. The molecule has 5 nitrogen and oxygen atoms in total. The van der Waals surface area contributed by atoms with Crippen LogP contribution in [0.4, 0.5) is 4.39 Å². The molecule has 2 aliphatic heterocycles. The van der Waals surface area contributed by atoms with Crippen molar-refractivity contribution in [2.45, 2.75) is 51.2 Å². The number of amides is 1. The van der Waals surface area contributed by atoms with Gasteiger partial charge < -0.3 is 4.90 Å². The van der Waals surface area contributed by atoms with E-state index in [1.54, 1.807) is 12.1 Å². The zero-order valence-corrected chi connectivity index (χ0v) is 16.0. The van der Waals surface area contributed by atoms with Crippen LogP contribution in [0, 0.1) is 11.7 Å². The van der Waals surface area contributed by atoms with Crippen molar-refractivity contribution in [3.05, 3.63) is 35.6 Å². The first kappa shape index (κ1) is 19.3. The van der Waals surface area contributed by atoms with Gasteiger partial charge in [-0.05, 0) is 57.5 Å². The number of hydrogen-bond acceptors (Lipinski definition) is 4. The normalized spacial score (nSPS) is 28.1. The number of nitrogens with one attached hydrogen (secondary N) is 2. The highest BCUT2D eigenvalue weighted by atomic mass is 19.1. The minimum Gasteiger partial charge on any atom is -0.344 e. The summed E-state index contributed by atoms with van der Waals surface area (Å²) in [5, 5.41) is 0. The lowest BCUT2D eigenvalue weighted by molar-refractivity contribution is -0.137. The highest BCUT2D eigenvalue weighted by Gasteiger charge is 2.35. The van der Waals surface area contributed by atoms with Gasteiger partial charge in [-0.25, -0.2) is 4.39 Å². The molecule has 2 N–H and O–H groups in total. The molecular weight excluding hydrogens is 331 g/mol. The number of hydrazine groups is 1. The van der Waals surface area contributed by atoms with Gasteiger partial charge in [0.15, 0.2) is 0 Å². The average Bonchev–Trinajstić information content (AvgIpc) is 2.96. The van der Waals surface area contributed by atoms with Gasteiger partial charge in [-0.2, -0.15) is 0 Å². The number of likely N-dealkylation sites (N-methyl/N-ethyl adjacent to an activating group) is 1. The Kier molecular flexibility index (Phi) is 6.27. The molecule has 1 amide bonds. The van der Waals surface area contributed by atoms with Crippen LogP contribution in [-0.4, -0.2) is 54.5 Å². The Bertz CT molecular complexity index is 592. The predicted molar refractivity (Wildman–Crippen MR) is 101 cm³/mol. The highest BCUT2D eigenvalue weighted by Crippen LogP contribution is 2.27. The molecule has 3 rings (SSSR count). The number of likely N-dealkylation sites (tertiary alicyclic amines) is 1. The van der Waals surface area contributed by atoms with Gasteiger partial charge in [-0.15, -0.1) is 0 Å². The smallest absolute Gasteiger partial charge is 0.244 e. The molecule has 0 radical (unpaired) electrons. The molecule has 2 fully saturated rings. The van der Waals surface area contributed by atoms with E-state index >= 15 is 0 Å². The lowest BCUT2D eigenvalue weighted by Gasteiger charge is -2.37. The Morgan fingerprint density at radius 1 is 1.15 bits per heavy atom. The van der Waals surface area contributed by atoms with Crippen molar-refractivity contribution in [2.24, 2.45) is 5.92 Å². The summed E-state index contributed by atoms with van der Waals surface area (Å²) in [4.78, 5) is 17.5. The Balaban J connectivity index is 1.78. The summed E-state index contributed by atoms with van der Waals surface area (Å²) >= 11 is 0. The lowest BCUT2D eigenvalue weighted by Crippen LogP contribution is -2.46. The van der Waals surface area contributed by atoms with E-state index in [1.165, 1.54) is 18.6 Å². The minimum absolute atomic E-state index is 0.102. The maximum Gasteiger partial charge on any atom is 0.244 e. The van der Waals surface area contributed by atoms with Crippen molar-refractivity contribution in [1.29, 1.82) is 0 Å². The molecule has 3 unspecified atom stereocenters. The Labute approximate surface area is 155 Å². The Morgan fingerprint density at radius 3 is 2.31 bits per heavy atom. The van der Waals surface area contributed by atoms with Crippen molar-refractivity contribution >= 4 is 5.91 Å². The third-order valence-electron chi connectivity index (χ3n) is 5.86. The molecule has 0 bridgehead atoms. The predicted octanol–water partition coefficient (Wildman–Crippen LogP) is 2.31. The van der Waals surface area contributed by atoms with Gasteiger partial charge in [-0.3, -0.25) is 20.5 Å². The van der Waals surface area contributed by atoms with Crippen molar-refractivity contribution in [1.82, 2.24) is 20.7 Å². The average molecular weight is 362 g/mol. The second kappa shape index (κ2) is 8.46. The number of rotatable bonds is 5. The van der Waals surface area contributed by atoms with Crippen molar-refractivity contribution in [3.63, 3.8) is 0 Å². The number of hydrogen-bond donors (Lipinski definition) is 2. The quantitative estimate of drug-likeness (QED) is 0.844. The topological polar surface area (TPSA) is 47.6 Å². The van der Waals surface area contributed by atoms with Crippen LogP contribution in [0.5, 0.6) is 0 Å². The first-order chi connectivity index (χ1) is 12.5. The summed E-state index contributed by atoms with van der Waals surface area (Å²) in [6.45, 7) is 6.82. The van der Waals surface area contributed by atoms with Crippen molar-refractivity contribution in [2.75, 3.05) is 26.7 Å². The van der Waals surface area contributed by atoms with Crippen LogP contribution in [0.2, 0.25) is 0 Å². The first-order valence-corrected chi connectivity index (χ1v) is 9.73. The fraction of sp³-hybridized carbons (Fsp3) is 0.650. The molecule has 2 heterocycles. The summed E-state index contributed by atoms with van der Waals surface area (Å²) in [5.41, 5.74) is 7.39. The van der Waals surface area contributed by atoms with E-state index in [9.17, 15) is 9.18 Å². The van der Waals surface area contributed by atoms with Gasteiger partial charge in [0.1, 0.15) is 11.9 Å². The third-order valence-corrected chi connectivity index (χ3v) is 5.86. The third kappa shape index (κ3) is 4.24. The molecule has 0 aliphatic carbocycles. The molecule has 26 heavy (non-hydrogen) atoms. The number of carbonyl (C=O) groups is 1. The molecule has 1 aromatic rings. The zero-order chi connectivity index (χ0) is 18.7. The lowest BCUT2D eigenvalue weighted by atomic mass is 9.95. The van der Waals surface area contributed by atoms with Gasteiger partial charge in [0, 0.05) is 31.6 Å². The maximum atomic E-state index is 13.4. The molecule has 0 aromatic heterocycles. The van der Waals surface area contributed by atoms with E-state index in [0.29, 0.717) is 24.5 Å². The van der Waals surface area contributed by atoms with Crippen LogP contribution >= 0.6 is 0 Å². The summed E-state index contributed by atoms with van der Waals surface area (Å²) < 4.78 is 13.4. The summed E-state index contributed by atoms with van der Waals surface area (Å²) in [5.74, 6) is 0.196. The number of carbonyl (C=O) groups excluding carboxylic acids is 1. The Hall–Kier alpha value is -1.50. The molecule has 0 saturated carbocycles. The van der Waals surface area contributed by atoms with Crippen LogP contribution in [0.1, 0.15) is 44.7 Å². The van der Waals surface area contributed by atoms with E-state index in [2.05, 4.69) is 29.6 Å². The summed E-state index contributed by atoms with van der Waals surface area (Å²) in [6.07, 6.45) is 3.43. The molecule has 144 valence electrons. The molecule has 2 saturated heterocycles. The second-order valence-corrected chi connectivity index (χ2v) is 7.80. The van der Waals surface area contributed by atoms with Crippen LogP contribution in [-0.2, 0) is 4.79 Å². The van der Waals surface area contributed by atoms with Gasteiger partial charge in [0.05, 0.1) is 0 Å². The Morgan fingerprint density at radius 2 is 1.73 bits per heavy atom. The van der Waals surface area contributed by atoms with Gasteiger partial charge >= 0.3 is 0 Å². The van der Waals surface area contributed by atoms with E-state index < -0.39 is 0 Å². The monoisotopic (exact) mass is 362 g/mol. The van der Waals surface area contributed by atoms with E-state index in [-0.39, 0.29) is 17.8 Å². The van der Waals surface area contributed by atoms with E-state index in [0.717, 1.165) is 31.5 Å². The zero-order valence-electron chi connectivity index (χ0n) is 16.0. The number of piperidine rings is 1. The summed E-state index contributed by atoms with van der Waals surface area (Å²) in [7, 11) is 1.89. The van der Waals surface area contributed by atoms with Crippen LogP contribution in [0.15, 0.2) is 24.3 Å². The van der Waals surface area contributed by atoms with Gasteiger partial charge in [0.25, 0.3) is 0 Å². The van der Waals surface area contributed by atoms with E-state index in [1.807, 2.05) is 11.9 Å². The fourth-order valence-corrected chi connectivity index (χ4v) is 4.17. The van der Waals surface area contributed by atoms with Gasteiger partial charge in [-0.1, -0.05) is 18.6 Å². The number of benzene rings is 1. The van der Waals surface area contributed by atoms with Gasteiger partial charge in [0.2, 0.25) is 5.91 Å². The molecule has 1 aromatic carbocycles. The van der Waals surface area contributed by atoms with Crippen LogP contribution in [0.3, 0.4) is 0 Å². The van der Waals surface area contributed by atoms with Crippen LogP contribution < -0.4 is 10.9 Å². The number of nitrogens with zero attached hydrogens (tertiary/aromatic N) is 2. The van der Waals surface area contributed by atoms with Crippen molar-refractivity contribution in [3.8, 4) is 0 Å². The second-order valence-electron chi connectivity index (χ2n) is 7.80. The maximum absolute atomic E-state index is 13.4. The molecule has 0 spiro atoms. The largest absolute Gasteiger partial charge is 0.344 e. The van der Waals surface area contributed by atoms with E-state index in [4.69, 9.17) is 0 Å². The molecule has 3 atom stereocenters. The molecular formula is C20H31FN4O. The number of halogens is 1. The molecule has 6 heteroatoms. The summed E-state index contributed by atoms with van der Waals surface area (Å²) in [6, 6.07) is 6.73. The standard InChI is InChI=1S/C20H31FN4O/c1-14-18(15(2)23-22-14)13-24(3)20(26)19(25-11-5-4-6-12-25)16-7-9-17(21)10-8-16/h7-10,14-15,18-19,22-23H,4-6,11-13H2,1-3H3. The SMILES string of the molecule is CC1NNC(C)C1CN(C)C(=O)C(c1ccc(F)cc1)N1CCCCC1. The fourth-order valence-electron chi connectivity index (χ4n) is 4.17. The van der Waals surface area contributed by atoms with Crippen molar-refractivity contribution < 1.29 is 9.18 Å². The minimum atomic E-state index is -0.325. The first-order valence-electron chi connectivity index (χ1n) is 9.73.